The Morgan fingerprint density at radius 1 is 1.16 bits per heavy atom. The molecule has 32 heavy (non-hydrogen) atoms. The summed E-state index contributed by atoms with van der Waals surface area (Å²) in [6.45, 7) is 12.5. The molecular weight excluding hydrogens is 424 g/mol. The molecule has 8 heteroatoms. The lowest BCUT2D eigenvalue weighted by atomic mass is 9.99. The summed E-state index contributed by atoms with van der Waals surface area (Å²) in [5.74, 6) is 2.80. The lowest BCUT2D eigenvalue weighted by Gasteiger charge is -2.27. The molecular formula is C24H24N4O3S. The summed E-state index contributed by atoms with van der Waals surface area (Å²) >= 11 is 1.60. The number of benzene rings is 1. The van der Waals surface area contributed by atoms with Gasteiger partial charge in [0.2, 0.25) is 5.69 Å². The minimum Gasteiger partial charge on any atom is -0.486 e. The van der Waals surface area contributed by atoms with Crippen LogP contribution in [0.3, 0.4) is 0 Å². The first-order chi connectivity index (χ1) is 15.8. The average molecular weight is 449 g/mol. The van der Waals surface area contributed by atoms with Gasteiger partial charge in [-0.2, -0.15) is 5.26 Å². The second-order valence-corrected chi connectivity index (χ2v) is 9.28. The van der Waals surface area contributed by atoms with Crippen LogP contribution in [0.2, 0.25) is 0 Å². The molecule has 3 saturated heterocycles. The Hall–Kier alpha value is -2.78. The lowest BCUT2D eigenvalue weighted by Crippen LogP contribution is -2.38. The van der Waals surface area contributed by atoms with Crippen LogP contribution in [-0.2, 0) is 9.47 Å². The summed E-state index contributed by atoms with van der Waals surface area (Å²) in [5, 5.41) is 10.8. The number of nitrogens with zero attached hydrogens (tertiary/aromatic N) is 4. The van der Waals surface area contributed by atoms with Crippen LogP contribution in [0.4, 0.5) is 11.5 Å². The van der Waals surface area contributed by atoms with Gasteiger partial charge in [-0.1, -0.05) is 12.1 Å². The van der Waals surface area contributed by atoms with E-state index >= 15 is 0 Å². The molecule has 0 saturated carbocycles. The fourth-order valence-electron chi connectivity index (χ4n) is 4.04. The maximum Gasteiger partial charge on any atom is 0.237 e. The number of rotatable bonds is 7. The largest absolute Gasteiger partial charge is 0.486 e. The number of anilines is 1. The van der Waals surface area contributed by atoms with Gasteiger partial charge in [-0.25, -0.2) is 9.83 Å². The number of hydrogen-bond donors (Lipinski definition) is 0. The second-order valence-electron chi connectivity index (χ2n) is 8.27. The van der Waals surface area contributed by atoms with E-state index in [1.54, 1.807) is 11.8 Å². The predicted octanol–water partition coefficient (Wildman–Crippen LogP) is 4.29. The zero-order valence-corrected chi connectivity index (χ0v) is 18.6. The van der Waals surface area contributed by atoms with Gasteiger partial charge in [0.15, 0.2) is 0 Å². The van der Waals surface area contributed by atoms with Crippen LogP contribution < -0.4 is 9.64 Å². The minimum atomic E-state index is 0.0931. The molecule has 1 aromatic carbocycles. The Labute approximate surface area is 192 Å². The Bertz CT molecular complexity index is 1060. The van der Waals surface area contributed by atoms with Crippen molar-refractivity contribution in [3.8, 4) is 22.9 Å². The molecule has 7 nitrogen and oxygen atoms in total. The molecule has 3 aliphatic rings. The number of pyridine rings is 1. The standard InChI is InChI=1S/C24H24N4O3S/c1-26-22-21(17-4-6-18(7-5-17)31-19-13-30-14-19)20(10-25)24(32-15-16-11-29-12-16)27-23(22)28-8-2-3-9-28/h4-7,16,19H,2-3,8-9,11-15H2. The van der Waals surface area contributed by atoms with E-state index in [9.17, 15) is 5.26 Å². The van der Waals surface area contributed by atoms with Gasteiger partial charge in [0.1, 0.15) is 28.8 Å². The maximum atomic E-state index is 10.1. The van der Waals surface area contributed by atoms with E-state index in [2.05, 4.69) is 15.8 Å². The van der Waals surface area contributed by atoms with E-state index in [1.165, 1.54) is 0 Å². The number of ether oxygens (including phenoxy) is 3. The average Bonchev–Trinajstić information content (AvgIpc) is 3.29. The Morgan fingerprint density at radius 3 is 2.44 bits per heavy atom. The van der Waals surface area contributed by atoms with Gasteiger partial charge in [0.25, 0.3) is 0 Å². The first kappa shape index (κ1) is 21.1. The van der Waals surface area contributed by atoms with Gasteiger partial charge in [-0.05, 0) is 30.5 Å². The summed E-state index contributed by atoms with van der Waals surface area (Å²) in [4.78, 5) is 10.9. The number of thioether (sulfide) groups is 1. The summed E-state index contributed by atoms with van der Waals surface area (Å²) in [6, 6.07) is 10.0. The number of nitriles is 1. The first-order valence-electron chi connectivity index (χ1n) is 10.9. The van der Waals surface area contributed by atoms with Gasteiger partial charge in [0, 0.05) is 30.3 Å². The monoisotopic (exact) mass is 448 g/mol. The Balaban J connectivity index is 1.55. The van der Waals surface area contributed by atoms with Crippen molar-refractivity contribution in [3.63, 3.8) is 0 Å². The lowest BCUT2D eigenvalue weighted by molar-refractivity contribution is -0.0796. The third-order valence-corrected chi connectivity index (χ3v) is 7.17. The van der Waals surface area contributed by atoms with Gasteiger partial charge < -0.3 is 19.1 Å². The van der Waals surface area contributed by atoms with Crippen LogP contribution in [0.1, 0.15) is 18.4 Å². The van der Waals surface area contributed by atoms with Crippen LogP contribution in [0.25, 0.3) is 16.0 Å². The molecule has 0 aliphatic carbocycles. The van der Waals surface area contributed by atoms with Crippen molar-refractivity contribution in [2.75, 3.05) is 50.2 Å². The van der Waals surface area contributed by atoms with E-state index in [4.69, 9.17) is 25.8 Å². The smallest absolute Gasteiger partial charge is 0.237 e. The van der Waals surface area contributed by atoms with Crippen molar-refractivity contribution in [2.24, 2.45) is 5.92 Å². The fraction of sp³-hybridized carbons (Fsp3) is 0.458. The van der Waals surface area contributed by atoms with Crippen LogP contribution in [0, 0.1) is 23.8 Å². The quantitative estimate of drug-likeness (QED) is 0.462. The Kier molecular flexibility index (Phi) is 6.18. The van der Waals surface area contributed by atoms with Crippen molar-refractivity contribution in [3.05, 3.63) is 41.2 Å². The van der Waals surface area contributed by atoms with Crippen LogP contribution >= 0.6 is 11.8 Å². The molecule has 5 rings (SSSR count). The van der Waals surface area contributed by atoms with Crippen molar-refractivity contribution in [2.45, 2.75) is 24.0 Å². The van der Waals surface area contributed by atoms with Crippen LogP contribution in [0.5, 0.6) is 5.75 Å². The SMILES string of the molecule is [C-]#[N+]c1c(N2CCCC2)nc(SCC2COC2)c(C#N)c1-c1ccc(OC2COC2)cc1. The predicted molar refractivity (Wildman–Crippen MR) is 122 cm³/mol. The summed E-state index contributed by atoms with van der Waals surface area (Å²) in [7, 11) is 0. The minimum absolute atomic E-state index is 0.0931. The number of hydrogen-bond acceptors (Lipinski definition) is 7. The van der Waals surface area contributed by atoms with Crippen LogP contribution in [0.15, 0.2) is 29.3 Å². The van der Waals surface area contributed by atoms with E-state index in [0.717, 1.165) is 56.2 Å². The molecule has 164 valence electrons. The highest BCUT2D eigenvalue weighted by Crippen LogP contribution is 2.45. The number of aromatic nitrogens is 1. The maximum absolute atomic E-state index is 10.1. The molecule has 0 bridgehead atoms. The summed E-state index contributed by atoms with van der Waals surface area (Å²) in [6.07, 6.45) is 2.27. The third-order valence-electron chi connectivity index (χ3n) is 5.97. The fourth-order valence-corrected chi connectivity index (χ4v) is 5.07. The molecule has 0 N–H and O–H groups in total. The third kappa shape index (κ3) is 4.14. The van der Waals surface area contributed by atoms with Gasteiger partial charge in [-0.3, -0.25) is 0 Å². The molecule has 2 aromatic rings. The first-order valence-corrected chi connectivity index (χ1v) is 11.9. The van der Waals surface area contributed by atoms with E-state index in [-0.39, 0.29) is 6.10 Å². The van der Waals surface area contributed by atoms with Crippen molar-refractivity contribution >= 4 is 23.3 Å². The highest BCUT2D eigenvalue weighted by atomic mass is 32.2. The van der Waals surface area contributed by atoms with Crippen molar-refractivity contribution < 1.29 is 14.2 Å². The molecule has 4 heterocycles. The zero-order chi connectivity index (χ0) is 21.9. The molecule has 0 amide bonds. The highest BCUT2D eigenvalue weighted by molar-refractivity contribution is 7.99. The summed E-state index contributed by atoms with van der Waals surface area (Å²) in [5.41, 5.74) is 2.44. The van der Waals surface area contributed by atoms with Gasteiger partial charge >= 0.3 is 0 Å². The topological polar surface area (TPSA) is 72.0 Å². The molecule has 3 fully saturated rings. The zero-order valence-electron chi connectivity index (χ0n) is 17.7. The highest BCUT2D eigenvalue weighted by Gasteiger charge is 2.28. The van der Waals surface area contributed by atoms with Gasteiger partial charge in [-0.15, -0.1) is 11.8 Å². The summed E-state index contributed by atoms with van der Waals surface area (Å²) < 4.78 is 16.4. The second kappa shape index (κ2) is 9.38. The Morgan fingerprint density at radius 2 is 1.88 bits per heavy atom. The molecule has 1 aromatic heterocycles. The van der Waals surface area contributed by atoms with Gasteiger partial charge in [0.05, 0.1) is 38.6 Å². The normalized spacial score (nSPS) is 18.5. The van der Waals surface area contributed by atoms with Crippen molar-refractivity contribution in [1.82, 2.24) is 4.98 Å². The van der Waals surface area contributed by atoms with E-state index < -0.39 is 0 Å². The molecule has 0 spiro atoms. The molecule has 0 radical (unpaired) electrons. The van der Waals surface area contributed by atoms with Crippen molar-refractivity contribution in [1.29, 1.82) is 5.26 Å². The molecule has 0 unspecified atom stereocenters. The van der Waals surface area contributed by atoms with Crippen LogP contribution in [-0.4, -0.2) is 56.4 Å². The molecule has 0 atom stereocenters. The molecule has 3 aliphatic heterocycles. The van der Waals surface area contributed by atoms with E-state index in [1.807, 2.05) is 24.3 Å². The van der Waals surface area contributed by atoms with E-state index in [0.29, 0.717) is 46.8 Å².